The smallest absolute Gasteiger partial charge is 0.260 e. The predicted molar refractivity (Wildman–Crippen MR) is 148 cm³/mol. The number of carbonyl (C=O) groups excluding carboxylic acids is 1. The number of piperazine rings is 1. The van der Waals surface area contributed by atoms with Gasteiger partial charge in [-0.15, -0.1) is 0 Å². The van der Waals surface area contributed by atoms with E-state index in [4.69, 9.17) is 16.3 Å². The SMILES string of the molecule is O=C(COc1ccc(S(=O)(=O)N2CCCC2)cc1Cl)N1CCN(C(c2ccccc2)c2ccccc2)CC1. The van der Waals surface area contributed by atoms with Crippen LogP contribution in [-0.2, 0) is 14.8 Å². The zero-order valence-corrected chi connectivity index (χ0v) is 22.8. The van der Waals surface area contributed by atoms with Crippen molar-refractivity contribution in [1.29, 1.82) is 0 Å². The molecule has 0 unspecified atom stereocenters. The van der Waals surface area contributed by atoms with Gasteiger partial charge in [-0.05, 0) is 42.2 Å². The molecule has 7 nitrogen and oxygen atoms in total. The van der Waals surface area contributed by atoms with Crippen LogP contribution in [0, 0.1) is 0 Å². The van der Waals surface area contributed by atoms with Gasteiger partial charge in [-0.1, -0.05) is 72.3 Å². The van der Waals surface area contributed by atoms with E-state index in [1.807, 2.05) is 17.0 Å². The molecule has 2 heterocycles. The predicted octanol–water partition coefficient (Wildman–Crippen LogP) is 4.44. The molecule has 0 radical (unpaired) electrons. The van der Waals surface area contributed by atoms with Crippen LogP contribution in [0.5, 0.6) is 5.75 Å². The monoisotopic (exact) mass is 553 g/mol. The van der Waals surface area contributed by atoms with E-state index in [1.165, 1.54) is 33.6 Å². The second-order valence-corrected chi connectivity index (χ2v) is 12.0. The van der Waals surface area contributed by atoms with Gasteiger partial charge in [0.15, 0.2) is 6.61 Å². The largest absolute Gasteiger partial charge is 0.482 e. The van der Waals surface area contributed by atoms with Crippen molar-refractivity contribution in [3.63, 3.8) is 0 Å². The summed E-state index contributed by atoms with van der Waals surface area (Å²) < 4.78 is 32.8. The van der Waals surface area contributed by atoms with Gasteiger partial charge < -0.3 is 9.64 Å². The summed E-state index contributed by atoms with van der Waals surface area (Å²) in [4.78, 5) is 17.3. The van der Waals surface area contributed by atoms with Crippen LogP contribution in [0.15, 0.2) is 83.8 Å². The van der Waals surface area contributed by atoms with Crippen LogP contribution in [0.3, 0.4) is 0 Å². The first kappa shape index (κ1) is 26.7. The van der Waals surface area contributed by atoms with Crippen LogP contribution in [0.1, 0.15) is 30.0 Å². The molecule has 0 aromatic heterocycles. The summed E-state index contributed by atoms with van der Waals surface area (Å²) in [5.41, 5.74) is 2.46. The van der Waals surface area contributed by atoms with Gasteiger partial charge in [-0.3, -0.25) is 9.69 Å². The number of sulfonamides is 1. The van der Waals surface area contributed by atoms with Crippen LogP contribution < -0.4 is 4.74 Å². The van der Waals surface area contributed by atoms with E-state index in [-0.39, 0.29) is 28.5 Å². The van der Waals surface area contributed by atoms with Gasteiger partial charge in [0.2, 0.25) is 10.0 Å². The van der Waals surface area contributed by atoms with E-state index in [0.717, 1.165) is 25.9 Å². The Morgan fingerprint density at radius 3 is 1.95 bits per heavy atom. The van der Waals surface area contributed by atoms with Gasteiger partial charge in [-0.25, -0.2) is 8.42 Å². The summed E-state index contributed by atoms with van der Waals surface area (Å²) in [7, 11) is -3.57. The van der Waals surface area contributed by atoms with E-state index in [0.29, 0.717) is 31.9 Å². The molecule has 0 saturated carbocycles. The Hall–Kier alpha value is -2.91. The first-order chi connectivity index (χ1) is 18.4. The van der Waals surface area contributed by atoms with Crippen molar-refractivity contribution < 1.29 is 17.9 Å². The molecule has 200 valence electrons. The number of nitrogens with zero attached hydrogens (tertiary/aromatic N) is 3. The van der Waals surface area contributed by atoms with Crippen LogP contribution in [0.25, 0.3) is 0 Å². The number of benzene rings is 3. The lowest BCUT2D eigenvalue weighted by molar-refractivity contribution is -0.135. The van der Waals surface area contributed by atoms with Gasteiger partial charge in [-0.2, -0.15) is 4.31 Å². The maximum atomic E-state index is 12.9. The number of carbonyl (C=O) groups is 1. The van der Waals surface area contributed by atoms with Crippen LogP contribution >= 0.6 is 11.6 Å². The Morgan fingerprint density at radius 1 is 0.816 bits per heavy atom. The minimum Gasteiger partial charge on any atom is -0.482 e. The Morgan fingerprint density at radius 2 is 1.39 bits per heavy atom. The summed E-state index contributed by atoms with van der Waals surface area (Å²) in [6.07, 6.45) is 1.73. The number of hydrogen-bond donors (Lipinski definition) is 0. The van der Waals surface area contributed by atoms with E-state index in [2.05, 4.69) is 53.4 Å². The van der Waals surface area contributed by atoms with E-state index >= 15 is 0 Å². The van der Waals surface area contributed by atoms with Crippen LogP contribution in [0.2, 0.25) is 5.02 Å². The molecular weight excluding hydrogens is 522 g/mol. The highest BCUT2D eigenvalue weighted by Gasteiger charge is 2.29. The summed E-state index contributed by atoms with van der Waals surface area (Å²) in [5.74, 6) is 0.178. The molecule has 0 aliphatic carbocycles. The van der Waals surface area contributed by atoms with Crippen molar-refractivity contribution in [2.45, 2.75) is 23.8 Å². The molecule has 2 aliphatic heterocycles. The Labute approximate surface area is 229 Å². The topological polar surface area (TPSA) is 70.2 Å². The highest BCUT2D eigenvalue weighted by Crippen LogP contribution is 2.31. The van der Waals surface area contributed by atoms with Gasteiger partial charge in [0, 0.05) is 39.3 Å². The van der Waals surface area contributed by atoms with E-state index in [1.54, 1.807) is 0 Å². The maximum absolute atomic E-state index is 12.9. The number of rotatable bonds is 8. The average Bonchev–Trinajstić information content (AvgIpc) is 3.50. The zero-order valence-electron chi connectivity index (χ0n) is 21.2. The second-order valence-electron chi connectivity index (χ2n) is 9.63. The highest BCUT2D eigenvalue weighted by molar-refractivity contribution is 7.89. The van der Waals surface area contributed by atoms with Gasteiger partial charge in [0.25, 0.3) is 5.91 Å². The van der Waals surface area contributed by atoms with E-state index in [9.17, 15) is 13.2 Å². The van der Waals surface area contributed by atoms with Crippen molar-refractivity contribution in [3.8, 4) is 5.75 Å². The van der Waals surface area contributed by atoms with Crippen LogP contribution in [0.4, 0.5) is 0 Å². The van der Waals surface area contributed by atoms with Gasteiger partial charge in [0.05, 0.1) is 16.0 Å². The van der Waals surface area contributed by atoms with Gasteiger partial charge >= 0.3 is 0 Å². The lowest BCUT2D eigenvalue weighted by Gasteiger charge is -2.39. The maximum Gasteiger partial charge on any atom is 0.260 e. The third kappa shape index (κ3) is 5.89. The van der Waals surface area contributed by atoms with Crippen molar-refractivity contribution in [1.82, 2.24) is 14.1 Å². The number of halogens is 1. The Balaban J connectivity index is 1.19. The second kappa shape index (κ2) is 11.9. The summed E-state index contributed by atoms with van der Waals surface area (Å²) in [6.45, 7) is 3.57. The molecule has 2 fully saturated rings. The normalized spacial score (nSPS) is 17.2. The van der Waals surface area contributed by atoms with Gasteiger partial charge in [0.1, 0.15) is 5.75 Å². The minimum absolute atomic E-state index is 0.120. The summed E-state index contributed by atoms with van der Waals surface area (Å²) in [5, 5.41) is 0.177. The fourth-order valence-electron chi connectivity index (χ4n) is 5.18. The van der Waals surface area contributed by atoms with Crippen molar-refractivity contribution in [2.24, 2.45) is 0 Å². The fraction of sp³-hybridized carbons (Fsp3) is 0.345. The quantitative estimate of drug-likeness (QED) is 0.412. The van der Waals surface area contributed by atoms with Crippen molar-refractivity contribution in [2.75, 3.05) is 45.9 Å². The van der Waals surface area contributed by atoms with Crippen molar-refractivity contribution >= 4 is 27.5 Å². The molecule has 3 aromatic rings. The van der Waals surface area contributed by atoms with Crippen molar-refractivity contribution in [3.05, 3.63) is 95.0 Å². The third-order valence-corrected chi connectivity index (χ3v) is 9.41. The van der Waals surface area contributed by atoms with E-state index < -0.39 is 10.0 Å². The van der Waals surface area contributed by atoms with Crippen LogP contribution in [-0.4, -0.2) is 74.3 Å². The highest BCUT2D eigenvalue weighted by atomic mass is 35.5. The molecule has 3 aromatic carbocycles. The lowest BCUT2D eigenvalue weighted by Crippen LogP contribution is -2.51. The standard InChI is InChI=1S/C29H32ClN3O4S/c30-26-21-25(38(35,36)33-15-7-8-16-33)13-14-27(26)37-22-28(34)31-17-19-32(20-18-31)29(23-9-3-1-4-10-23)24-11-5-2-6-12-24/h1-6,9-14,21,29H,7-8,15-20,22H2. The number of ether oxygens (including phenoxy) is 1. The molecule has 38 heavy (non-hydrogen) atoms. The molecular formula is C29H32ClN3O4S. The first-order valence-electron chi connectivity index (χ1n) is 13.0. The number of hydrogen-bond acceptors (Lipinski definition) is 5. The fourth-order valence-corrected chi connectivity index (χ4v) is 7.03. The molecule has 5 rings (SSSR count). The summed E-state index contributed by atoms with van der Waals surface area (Å²) >= 11 is 6.34. The summed E-state index contributed by atoms with van der Waals surface area (Å²) in [6, 6.07) is 25.4. The molecule has 0 spiro atoms. The molecule has 0 bridgehead atoms. The minimum atomic E-state index is -3.57. The molecule has 9 heteroatoms. The molecule has 2 aliphatic rings. The Kier molecular flexibility index (Phi) is 8.33. The molecule has 0 atom stereocenters. The molecule has 1 amide bonds. The zero-order chi connectivity index (χ0) is 26.5. The number of amides is 1. The average molecular weight is 554 g/mol. The lowest BCUT2D eigenvalue weighted by atomic mass is 9.96. The Bertz CT molecular complexity index is 1300. The molecule has 0 N–H and O–H groups in total. The molecule has 2 saturated heterocycles. The first-order valence-corrected chi connectivity index (χ1v) is 14.8. The third-order valence-electron chi connectivity index (χ3n) is 7.22.